The number of methoxy groups -OCH3 is 2. The van der Waals surface area contributed by atoms with E-state index in [1.54, 1.807) is 13.8 Å². The highest BCUT2D eigenvalue weighted by Crippen LogP contribution is 2.63. The van der Waals surface area contributed by atoms with Crippen molar-refractivity contribution in [1.82, 2.24) is 53.6 Å². The summed E-state index contributed by atoms with van der Waals surface area (Å²) in [4.78, 5) is 107. The molecule has 9 heterocycles. The van der Waals surface area contributed by atoms with Gasteiger partial charge in [0.1, 0.15) is 66.8 Å². The van der Waals surface area contributed by atoms with Crippen LogP contribution in [0.1, 0.15) is 32.5 Å². The number of hydrogen-bond acceptors (Lipinski definition) is 33. The number of ether oxygens (including phenoxy) is 6. The van der Waals surface area contributed by atoms with Gasteiger partial charge < -0.3 is 93.5 Å². The molecule has 6 aromatic heterocycles. The zero-order chi connectivity index (χ0) is 57.3. The van der Waals surface area contributed by atoms with Gasteiger partial charge in [0.2, 0.25) is 17.7 Å². The second-order valence-corrected chi connectivity index (χ2v) is 23.6. The van der Waals surface area contributed by atoms with Gasteiger partial charge >= 0.3 is 5.65 Å². The second kappa shape index (κ2) is 22.3. The van der Waals surface area contributed by atoms with Crippen molar-refractivity contribution in [2.75, 3.05) is 51.2 Å². The summed E-state index contributed by atoms with van der Waals surface area (Å²) in [5.74, 6) is -0.686. The summed E-state index contributed by atoms with van der Waals surface area (Å²) in [7, 11) is -21.1. The van der Waals surface area contributed by atoms with Crippen LogP contribution in [0.3, 0.4) is 0 Å². The maximum absolute atomic E-state index is 13.8. The number of nitrogens with zero attached hydrogens (tertiary/aromatic N) is 10. The molecule has 0 aliphatic carbocycles. The van der Waals surface area contributed by atoms with Crippen molar-refractivity contribution in [2.45, 2.75) is 93.6 Å². The molecule has 6 aromatic rings. The minimum Gasteiger partial charge on any atom is -0.756 e. The van der Waals surface area contributed by atoms with Crippen LogP contribution < -0.4 is 52.5 Å². The summed E-state index contributed by atoms with van der Waals surface area (Å²) in [5, 5.41) is 22.5. The summed E-state index contributed by atoms with van der Waals surface area (Å²) in [6.07, 6.45) is -14.7. The van der Waals surface area contributed by atoms with Crippen molar-refractivity contribution in [2.24, 2.45) is 7.05 Å². The van der Waals surface area contributed by atoms with Crippen LogP contribution in [0.15, 0.2) is 34.9 Å². The van der Waals surface area contributed by atoms with Gasteiger partial charge in [0.05, 0.1) is 45.6 Å². The van der Waals surface area contributed by atoms with Crippen LogP contribution in [-0.2, 0) is 80.4 Å². The maximum Gasteiger partial charge on any atom is 0.313 e. The van der Waals surface area contributed by atoms with E-state index in [9.17, 15) is 57.6 Å². The molecule has 0 spiro atoms. The molecule has 10 N–H and O–H groups in total. The number of aliphatic hydroxyl groups is 2. The molecule has 0 bridgehead atoms. The number of nitrogens with one attached hydrogen (secondary N) is 2. The number of anilines is 3. The molecule has 0 radical (unpaired) electrons. The zero-order valence-electron chi connectivity index (χ0n) is 41.3. The second-order valence-electron chi connectivity index (χ2n) is 17.8. The van der Waals surface area contributed by atoms with E-state index in [0.717, 1.165) is 33.2 Å². The van der Waals surface area contributed by atoms with Gasteiger partial charge in [-0.15, -0.1) is 0 Å². The van der Waals surface area contributed by atoms with Gasteiger partial charge in [0.25, 0.3) is 48.4 Å². The largest absolute Gasteiger partial charge is 0.756 e. The fourth-order valence-corrected chi connectivity index (χ4v) is 13.3. The molecule has 3 fully saturated rings. The minimum absolute atomic E-state index is 0.00101. The third kappa shape index (κ3) is 12.1. The average Bonchev–Trinajstić information content (AvgIpc) is 4.40. The van der Waals surface area contributed by atoms with E-state index in [1.807, 2.05) is 0 Å². The van der Waals surface area contributed by atoms with E-state index >= 15 is 0 Å². The van der Waals surface area contributed by atoms with Crippen LogP contribution in [0.25, 0.3) is 33.5 Å². The van der Waals surface area contributed by atoms with Crippen LogP contribution >= 0.6 is 31.3 Å². The summed E-state index contributed by atoms with van der Waals surface area (Å²) in [6.45, 7) is -0.199. The van der Waals surface area contributed by atoms with E-state index in [4.69, 9.17) is 59.2 Å². The zero-order valence-corrected chi connectivity index (χ0v) is 44.9. The number of rotatable bonds is 22. The number of phosphoric acid groups is 4. The number of fused-ring (bicyclic) bond motifs is 3. The SMILES string of the molecule is COC1[C@@H](OP(=O)([O-])OC[C@H]2O[C@@H](n3cnc4c(=O)[nH]c(N)nc43)C(O)[C@H]2OC(C)C)[C@@H](COP(=O)([O-])OP(=O)([O-])OP(=O)([O-])OC[C@H]2O[C@@H]([n+]3cn(C)c4c(=O)[nH]c(N)nc43)C(O)[C@H]2OC)O[C@H]1n1cnc2c(N)ncnc21. The number of imidazole rings is 3. The molecule has 79 heavy (non-hydrogen) atoms. The topological polar surface area (TPSA) is 552 Å². The lowest BCUT2D eigenvalue weighted by Crippen LogP contribution is -2.46. The van der Waals surface area contributed by atoms with Gasteiger partial charge in [0, 0.05) is 14.2 Å². The van der Waals surface area contributed by atoms with Crippen molar-refractivity contribution in [3.8, 4) is 0 Å². The monoisotopic (exact) mass is 1200 g/mol. The Kier molecular flexibility index (Phi) is 16.5. The molecule has 16 atom stereocenters. The Morgan fingerprint density at radius 1 is 0.696 bits per heavy atom. The third-order valence-corrected chi connectivity index (χ3v) is 17.3. The van der Waals surface area contributed by atoms with E-state index in [-0.39, 0.29) is 51.2 Å². The van der Waals surface area contributed by atoms with Gasteiger partial charge in [0.15, 0.2) is 41.4 Å². The number of aromatic amines is 2. The Hall–Kier alpha value is -5.15. The molecule has 9 rings (SSSR count). The standard InChI is InChI=1S/C36H51N15O24P4/c1-13(2)69-23-15(71-32(21(23)53)50-11-43-18-28(50)44-35(38)46-30(18)54)7-66-76(56,57)73-24-16(72-34(25(24)65-5)49-10-42-17-26(37)40-9-41-27(17)49)8-68-78(60,61)75-79(62,63)74-77(58,59)67-6-14-22(64-4)20(52)33(70-14)51-12-48(3)19-29(51)45-36(39)47-31(19)55/h9-16,20-25,32-34,52-53H,6-8H2,1-5H3,(H11-,37,38,39,40,41,44,45,46,47,54,55,56,57,58,59,60,61,62,63)/p-3/t14-,15-,16-,20?,21?,22+,23+,24+,25?,32-,33-,34-/m1/s1. The summed E-state index contributed by atoms with van der Waals surface area (Å²) in [6, 6.07) is 0. The van der Waals surface area contributed by atoms with E-state index in [2.05, 4.69) is 53.0 Å². The molecule has 0 amide bonds. The highest BCUT2D eigenvalue weighted by Gasteiger charge is 2.52. The Morgan fingerprint density at radius 2 is 1.25 bits per heavy atom. The van der Waals surface area contributed by atoms with E-state index in [0.29, 0.717) is 0 Å². The van der Waals surface area contributed by atoms with Gasteiger partial charge in [-0.05, 0) is 13.8 Å². The van der Waals surface area contributed by atoms with Crippen LogP contribution in [0.5, 0.6) is 0 Å². The number of aliphatic hydroxyl groups excluding tert-OH is 2. The number of hydrogen-bond donors (Lipinski definition) is 7. The molecular weight excluding hydrogens is 1150 g/mol. The quantitative estimate of drug-likeness (QED) is 0.0247. The van der Waals surface area contributed by atoms with Gasteiger partial charge in [-0.2, -0.15) is 4.98 Å². The van der Waals surface area contributed by atoms with Crippen LogP contribution in [0.2, 0.25) is 0 Å². The van der Waals surface area contributed by atoms with Crippen molar-refractivity contribution >= 4 is 82.5 Å². The maximum atomic E-state index is 13.8. The third-order valence-electron chi connectivity index (χ3n) is 12.2. The van der Waals surface area contributed by atoms with Crippen molar-refractivity contribution in [1.29, 1.82) is 0 Å². The summed E-state index contributed by atoms with van der Waals surface area (Å²) in [5.41, 5.74) is 15.7. The molecule has 0 saturated carbocycles. The summed E-state index contributed by atoms with van der Waals surface area (Å²) < 4.78 is 120. The lowest BCUT2D eigenvalue weighted by Gasteiger charge is -2.35. The van der Waals surface area contributed by atoms with Crippen LogP contribution in [-0.4, -0.2) is 159 Å². The molecule has 43 heteroatoms. The number of aromatic nitrogens is 12. The lowest BCUT2D eigenvalue weighted by molar-refractivity contribution is -0.745. The first-order valence-electron chi connectivity index (χ1n) is 22.8. The van der Waals surface area contributed by atoms with E-state index < -0.39 is 142 Å². The Labute approximate surface area is 440 Å². The predicted octanol–water partition coefficient (Wildman–Crippen LogP) is -5.15. The normalized spacial score (nSPS) is 29.6. The molecule has 434 valence electrons. The van der Waals surface area contributed by atoms with Gasteiger partial charge in [-0.1, -0.05) is 4.98 Å². The fraction of sp³-hybridized carbons (Fsp3) is 0.583. The van der Waals surface area contributed by atoms with Gasteiger partial charge in [-0.3, -0.25) is 51.5 Å². The number of H-pyrrole nitrogens is 2. The molecule has 3 saturated heterocycles. The van der Waals surface area contributed by atoms with Gasteiger partial charge in [-0.25, -0.2) is 33.1 Å². The van der Waals surface area contributed by atoms with Crippen LogP contribution in [0.4, 0.5) is 17.7 Å². The molecule has 3 aliphatic rings. The fourth-order valence-electron chi connectivity index (χ4n) is 9.01. The average molecular weight is 1200 g/mol. The number of phosphoric ester groups is 3. The number of nitrogens with two attached hydrogens (primary N) is 3. The minimum atomic E-state index is -6.56. The first kappa shape index (κ1) is 58.5. The van der Waals surface area contributed by atoms with Crippen LogP contribution in [0, 0.1) is 0 Å². The highest BCUT2D eigenvalue weighted by molar-refractivity contribution is 7.65. The van der Waals surface area contributed by atoms with Crippen molar-refractivity contribution in [3.05, 3.63) is 46.0 Å². The number of aryl methyl sites for hydroxylation is 1. The van der Waals surface area contributed by atoms with E-state index in [1.165, 1.54) is 31.6 Å². The molecule has 7 unspecified atom stereocenters. The Morgan fingerprint density at radius 3 is 1.89 bits per heavy atom. The molecular formula is C36H48N15O24P4-3. The molecule has 0 aromatic carbocycles. The molecule has 3 aliphatic heterocycles. The highest BCUT2D eigenvalue weighted by atomic mass is 31.3. The first-order chi connectivity index (χ1) is 37.1. The van der Waals surface area contributed by atoms with Crippen molar-refractivity contribution < 1.29 is 108 Å². The Bertz CT molecular complexity index is 3560. The smallest absolute Gasteiger partial charge is 0.313 e. The Balaban J connectivity index is 0.882. The molecule has 39 nitrogen and oxygen atoms in total. The van der Waals surface area contributed by atoms with Crippen molar-refractivity contribution in [3.63, 3.8) is 0 Å². The summed E-state index contributed by atoms with van der Waals surface area (Å²) >= 11 is 0. The predicted molar refractivity (Wildman–Crippen MR) is 249 cm³/mol. The number of nitrogen functional groups attached to an aromatic ring is 3. The first-order valence-corrected chi connectivity index (χ1v) is 28.7. The lowest BCUT2D eigenvalue weighted by atomic mass is 10.1.